The Morgan fingerprint density at radius 3 is 1.66 bits per heavy atom. The van der Waals surface area contributed by atoms with E-state index in [2.05, 4.69) is 63.1 Å². The minimum absolute atomic E-state index is 0.0210. The Kier molecular flexibility index (Phi) is 37.5. The van der Waals surface area contributed by atoms with Gasteiger partial charge in [0.05, 0.1) is 24.8 Å². The van der Waals surface area contributed by atoms with Crippen molar-refractivity contribution in [2.75, 3.05) is 65.4 Å². The van der Waals surface area contributed by atoms with E-state index in [0.717, 1.165) is 36.3 Å². The molecule has 0 radical (unpaired) electrons. The smallest absolute Gasteiger partial charge is 0.305 e. The first-order chi connectivity index (χ1) is 60.9. The number of carboxylic acid groups (broad SMARTS) is 2. The number of carboxylic acids is 2. The van der Waals surface area contributed by atoms with Crippen LogP contribution in [-0.2, 0) is 106 Å². The molecule has 0 aliphatic carbocycles. The summed E-state index contributed by atoms with van der Waals surface area (Å²) in [5.41, 5.74) is 20.3. The maximum atomic E-state index is 15.7. The fraction of sp³-hybridized carbons (Fsp3) is 0.529. The number of nitrogens with two attached hydrogens (primary N) is 3. The summed E-state index contributed by atoms with van der Waals surface area (Å²) in [6.07, 6.45) is -0.531. The number of aliphatic hydroxyl groups is 1. The van der Waals surface area contributed by atoms with Crippen molar-refractivity contribution in [1.82, 2.24) is 87.6 Å². The van der Waals surface area contributed by atoms with Crippen LogP contribution in [0.3, 0.4) is 0 Å². The normalized spacial score (nSPS) is 25.5. The molecule has 22 N–H and O–H groups in total. The quantitative estimate of drug-likeness (QED) is 0.0303. The van der Waals surface area contributed by atoms with Gasteiger partial charge in [0.1, 0.15) is 90.3 Å². The van der Waals surface area contributed by atoms with Crippen molar-refractivity contribution >= 4 is 140 Å². The number of hydrogen-bond donors (Lipinski definition) is 19. The topological polar surface area (TPSA) is 634 Å². The Morgan fingerprint density at radius 1 is 0.523 bits per heavy atom. The van der Waals surface area contributed by atoms with Crippen LogP contribution in [0.25, 0.3) is 21.8 Å². The number of aromatic nitrogens is 2. The number of H-pyrrole nitrogens is 2. The molecule has 8 rings (SSSR count). The van der Waals surface area contributed by atoms with Crippen LogP contribution in [0.2, 0.25) is 0 Å². The molecule has 43 heteroatoms. The largest absolute Gasteiger partial charge is 0.508 e. The van der Waals surface area contributed by atoms with Gasteiger partial charge in [-0.25, -0.2) is 0 Å². The summed E-state index contributed by atoms with van der Waals surface area (Å²) in [5.74, 6) is -19.7. The molecule has 0 spiro atoms. The molecule has 3 aromatic carbocycles. The van der Waals surface area contributed by atoms with E-state index in [1.165, 1.54) is 59.3 Å². The van der Waals surface area contributed by atoms with Gasteiger partial charge in [-0.15, -0.1) is 11.8 Å². The third kappa shape index (κ3) is 27.4. The molecule has 42 nitrogen and oxygen atoms in total. The summed E-state index contributed by atoms with van der Waals surface area (Å²) in [4.78, 5) is 269. The van der Waals surface area contributed by atoms with Crippen LogP contribution in [-0.4, -0.2) is 317 Å². The van der Waals surface area contributed by atoms with Crippen LogP contribution >= 0.6 is 11.8 Å². The van der Waals surface area contributed by atoms with Crippen molar-refractivity contribution in [1.29, 1.82) is 0 Å². The molecule has 15 atom stereocenters. The number of primary amides is 1. The van der Waals surface area contributed by atoms with Crippen LogP contribution < -0.4 is 70.4 Å². The lowest BCUT2D eigenvalue weighted by atomic mass is 10.00. The Balaban J connectivity index is 1.17. The number of aliphatic carboxylic acids is 2. The molecule has 1 unspecified atom stereocenters. The third-order valence-corrected chi connectivity index (χ3v) is 23.9. The summed E-state index contributed by atoms with van der Waals surface area (Å²) >= 11 is 0.762. The van der Waals surface area contributed by atoms with E-state index >= 15 is 28.8 Å². The number of amides is 16. The predicted octanol–water partition coefficient (Wildman–Crippen LogP) is -3.40. The SMILES string of the molecule is CCCCC1C(=O)N(C)[C@@H](CCCC)C(=O)N[C@@H](C)C(=O)N[C@H](C(=O)NCC(N)=O)CSCC(=O)N[C@@H](Cc2ccc(O)cc2)C(=O)N(C)[C@@H](C)C(=O)N[C@@H](CC(=O)O)C(=O)N2CCC[C@H]2C(=O)N[C@@H](CN)C(=O)N[C@@H](CCC(=O)O)C(=O)N2C[C@H](O)C[C@H]2C(=O)N[C@@H](Cc2c[nH]c3ccccc23)C(=O)N[C@@H](CCN)C(=O)N[C@@H](Cc2c[nH]c3ccccc23)C(=O)N1C. The Bertz CT molecular complexity index is 4860. The first kappa shape index (κ1) is 101. The van der Waals surface area contributed by atoms with E-state index in [1.54, 1.807) is 60.9 Å². The van der Waals surface area contributed by atoms with E-state index in [4.69, 9.17) is 17.2 Å². The van der Waals surface area contributed by atoms with Crippen LogP contribution in [0.1, 0.15) is 128 Å². The number of rotatable bonds is 23. The lowest BCUT2D eigenvalue weighted by molar-refractivity contribution is -0.149. The first-order valence-electron chi connectivity index (χ1n) is 42.6. The number of aromatic hydroxyl groups is 1. The molecule has 696 valence electrons. The molecule has 0 saturated carbocycles. The number of para-hydroxylation sites is 2. The summed E-state index contributed by atoms with van der Waals surface area (Å²) < 4.78 is 0. The maximum absolute atomic E-state index is 15.7. The Labute approximate surface area is 742 Å². The lowest BCUT2D eigenvalue weighted by Crippen LogP contribution is -2.61. The number of carbonyl (C=O) groups is 18. The zero-order valence-electron chi connectivity index (χ0n) is 72.5. The number of likely N-dealkylation sites (N-methyl/N-ethyl adjacent to an activating group) is 3. The van der Waals surface area contributed by atoms with E-state index in [0.29, 0.717) is 64.2 Å². The second-order valence-electron chi connectivity index (χ2n) is 32.2. The van der Waals surface area contributed by atoms with Gasteiger partial charge in [-0.05, 0) is 99.9 Å². The van der Waals surface area contributed by atoms with Crippen molar-refractivity contribution in [3.63, 3.8) is 0 Å². The molecule has 5 aromatic rings. The maximum Gasteiger partial charge on any atom is 0.305 e. The van der Waals surface area contributed by atoms with Crippen molar-refractivity contribution in [2.24, 2.45) is 17.2 Å². The van der Waals surface area contributed by atoms with Gasteiger partial charge in [0, 0.05) is 113 Å². The first-order valence-corrected chi connectivity index (χ1v) is 43.7. The molecule has 3 fully saturated rings. The highest BCUT2D eigenvalue weighted by Crippen LogP contribution is 2.28. The number of hydrogen-bond acceptors (Lipinski definition) is 23. The number of phenols is 1. The molecule has 3 aliphatic heterocycles. The summed E-state index contributed by atoms with van der Waals surface area (Å²) in [6, 6.07) is -2.67. The molecule has 2 aromatic heterocycles. The van der Waals surface area contributed by atoms with E-state index in [-0.39, 0.29) is 70.2 Å². The number of unbranched alkanes of at least 4 members (excludes halogenated alkanes) is 2. The van der Waals surface area contributed by atoms with Crippen LogP contribution in [0.15, 0.2) is 85.2 Å². The van der Waals surface area contributed by atoms with Crippen LogP contribution in [0, 0.1) is 0 Å². The van der Waals surface area contributed by atoms with Gasteiger partial charge in [0.15, 0.2) is 0 Å². The lowest BCUT2D eigenvalue weighted by Gasteiger charge is -2.36. The number of carbonyl (C=O) groups excluding carboxylic acids is 16. The van der Waals surface area contributed by atoms with E-state index in [1.807, 2.05) is 13.8 Å². The number of aliphatic hydroxyl groups excluding tert-OH is 1. The highest BCUT2D eigenvalue weighted by Gasteiger charge is 2.47. The van der Waals surface area contributed by atoms with Crippen molar-refractivity contribution < 1.29 is 107 Å². The van der Waals surface area contributed by atoms with Gasteiger partial charge >= 0.3 is 11.9 Å². The number of aromatic amines is 2. The molecule has 5 heterocycles. The predicted molar refractivity (Wildman–Crippen MR) is 466 cm³/mol. The monoisotopic (exact) mass is 1800 g/mol. The van der Waals surface area contributed by atoms with E-state index < -0.39 is 254 Å². The van der Waals surface area contributed by atoms with Crippen LogP contribution in [0.4, 0.5) is 0 Å². The van der Waals surface area contributed by atoms with Gasteiger partial charge in [0.2, 0.25) is 94.5 Å². The minimum atomic E-state index is -1.93. The molecule has 128 heavy (non-hydrogen) atoms. The average molecular weight is 1800 g/mol. The summed E-state index contributed by atoms with van der Waals surface area (Å²) in [5, 5.41) is 68.4. The Hall–Kier alpha value is -12.8. The second kappa shape index (κ2) is 47.7. The average Bonchev–Trinajstić information content (AvgIpc) is 1.66. The highest BCUT2D eigenvalue weighted by molar-refractivity contribution is 8.00. The standard InChI is InChI=1S/C85H118N20O22S/c1-8-10-21-64-78(120)92-45(3)72(114)100-63(74(116)91-41-68(88)108)43-128-44-69(109)93-59(33-47-24-26-50(106)27-25-47)81(123)101(5)46(4)73(115)97-61(37-71(112)113)84(126)104-32-16-23-65(104)79(121)99-62(38-87)77(119)95-57(28-29-70(110)111)83(125)105-42-51(107)36-67(105)80(122)96-58(34-48-39-89-54-19-14-12-17-52(48)54)76(118)94-56(30-31-86)75(117)98-60(35-49-40-90-55-20-15-13-18-53(49)55)82(124)103(7)66(22-11-9-2)85(127)102(64)6/h12-15,17-20,24-27,39-40,45-46,51,56-67,89-90,106-107H,8-11,16,21-23,28-38,41-44,86-87H2,1-7H3,(H2,88,108)(H,91,116)(H,92,120)(H,93,109)(H,94,118)(H,95,119)(H,96,122)(H,97,115)(H,98,117)(H,99,121)(H,100,114)(H,110,111)(H,112,113)/t45-,46-,51+,56-,57-,58-,59-,60-,61-,62-,63-,64-,65-,66?,67-/m0/s1. The second-order valence-corrected chi connectivity index (χ2v) is 33.3. The van der Waals surface area contributed by atoms with Gasteiger partial charge in [-0.2, -0.15) is 0 Å². The number of nitrogens with zero attached hydrogens (tertiary/aromatic N) is 5. The van der Waals surface area contributed by atoms with Crippen molar-refractivity contribution in [2.45, 2.75) is 221 Å². The van der Waals surface area contributed by atoms with Gasteiger partial charge in [-0.1, -0.05) is 88.1 Å². The van der Waals surface area contributed by atoms with Crippen molar-refractivity contribution in [3.8, 4) is 5.75 Å². The highest BCUT2D eigenvalue weighted by atomic mass is 32.2. The fourth-order valence-electron chi connectivity index (χ4n) is 15.6. The molecule has 16 amide bonds. The zero-order chi connectivity index (χ0) is 93.9. The fourth-order valence-corrected chi connectivity index (χ4v) is 16.4. The third-order valence-electron chi connectivity index (χ3n) is 22.9. The Morgan fingerprint density at radius 2 is 1.05 bits per heavy atom. The number of phenolic OH excluding ortho intramolecular Hbond substituents is 1. The van der Waals surface area contributed by atoms with Crippen molar-refractivity contribution in [3.05, 3.63) is 102 Å². The molecule has 3 aliphatic rings. The van der Waals surface area contributed by atoms with E-state index in [9.17, 15) is 78.0 Å². The summed E-state index contributed by atoms with van der Waals surface area (Å²) in [6.45, 7) is 3.75. The number of benzene rings is 3. The van der Waals surface area contributed by atoms with Gasteiger partial charge in [-0.3, -0.25) is 86.3 Å². The zero-order valence-corrected chi connectivity index (χ0v) is 73.3. The molecule has 3 saturated heterocycles. The summed E-state index contributed by atoms with van der Waals surface area (Å²) in [7, 11) is 3.89. The van der Waals surface area contributed by atoms with Gasteiger partial charge in [0.25, 0.3) is 0 Å². The number of nitrogens with one attached hydrogen (secondary N) is 12. The number of fused-ring (bicyclic) bond motifs is 4. The van der Waals surface area contributed by atoms with Gasteiger partial charge < -0.3 is 125 Å². The molecular weight excluding hydrogens is 1690 g/mol. The minimum Gasteiger partial charge on any atom is -0.508 e. The number of thioether (sulfide) groups is 1. The molecule has 0 bridgehead atoms. The van der Waals surface area contributed by atoms with Crippen LogP contribution in [0.5, 0.6) is 5.75 Å². The molecular formula is C85H118N20O22S.